The van der Waals surface area contributed by atoms with Crippen molar-refractivity contribution in [1.29, 1.82) is 0 Å². The topological polar surface area (TPSA) is 93.6 Å². The summed E-state index contributed by atoms with van der Waals surface area (Å²) >= 11 is 5.97. The van der Waals surface area contributed by atoms with E-state index in [9.17, 15) is 18.0 Å². The van der Waals surface area contributed by atoms with Crippen LogP contribution >= 0.6 is 11.6 Å². The predicted molar refractivity (Wildman–Crippen MR) is 122 cm³/mol. The van der Waals surface area contributed by atoms with Crippen molar-refractivity contribution in [2.24, 2.45) is 0 Å². The number of rotatable bonds is 5. The van der Waals surface area contributed by atoms with Crippen LogP contribution in [-0.4, -0.2) is 61.4 Å². The lowest BCUT2D eigenvalue weighted by atomic mass is 10.0. The Morgan fingerprint density at radius 3 is 2.56 bits per heavy atom. The monoisotopic (exact) mass is 472 g/mol. The summed E-state index contributed by atoms with van der Waals surface area (Å²) in [6.07, 6.45) is 0.387. The van der Waals surface area contributed by atoms with E-state index in [0.717, 1.165) is 5.56 Å². The van der Waals surface area contributed by atoms with Gasteiger partial charge in [0.1, 0.15) is 0 Å². The van der Waals surface area contributed by atoms with Gasteiger partial charge >= 0.3 is 5.97 Å². The highest BCUT2D eigenvalue weighted by atomic mass is 35.5. The van der Waals surface area contributed by atoms with Crippen LogP contribution < -0.4 is 0 Å². The average Bonchev–Trinajstić information content (AvgIpc) is 3.16. The number of pyridine rings is 1. The Bertz CT molecular complexity index is 1290. The van der Waals surface area contributed by atoms with E-state index in [2.05, 4.69) is 4.98 Å². The van der Waals surface area contributed by atoms with Crippen LogP contribution in [0.1, 0.15) is 16.8 Å². The first-order valence-electron chi connectivity index (χ1n) is 10.0. The van der Waals surface area contributed by atoms with E-state index in [4.69, 9.17) is 16.3 Å². The van der Waals surface area contributed by atoms with E-state index in [0.29, 0.717) is 33.6 Å². The zero-order chi connectivity index (χ0) is 22.9. The number of fused-ring (bicyclic) bond motifs is 1. The number of likely N-dealkylation sites (N-methyl/N-ethyl adjacent to an activating group) is 1. The molecule has 2 aromatic carbocycles. The number of carbonyl (C=O) groups excluding carboxylic acids is 2. The molecule has 1 amide bonds. The Morgan fingerprint density at radius 2 is 1.88 bits per heavy atom. The molecular formula is C23H21ClN2O5S. The predicted octanol–water partition coefficient (Wildman–Crippen LogP) is 3.36. The second-order valence-electron chi connectivity index (χ2n) is 7.72. The third-order valence-electron chi connectivity index (χ3n) is 5.55. The lowest BCUT2D eigenvalue weighted by Gasteiger charge is -2.23. The Morgan fingerprint density at radius 1 is 1.16 bits per heavy atom. The van der Waals surface area contributed by atoms with Crippen LogP contribution in [0.2, 0.25) is 5.02 Å². The fraction of sp³-hybridized carbons (Fsp3) is 0.261. The molecule has 3 aromatic rings. The normalized spacial score (nSPS) is 17.2. The number of ether oxygens (including phenoxy) is 1. The van der Waals surface area contributed by atoms with Gasteiger partial charge in [-0.05, 0) is 30.7 Å². The van der Waals surface area contributed by atoms with Crippen LogP contribution in [0.4, 0.5) is 0 Å². The molecule has 2 heterocycles. The molecule has 0 spiro atoms. The van der Waals surface area contributed by atoms with E-state index >= 15 is 0 Å². The van der Waals surface area contributed by atoms with Crippen molar-refractivity contribution >= 4 is 44.2 Å². The van der Waals surface area contributed by atoms with E-state index in [1.807, 2.05) is 18.2 Å². The van der Waals surface area contributed by atoms with Crippen molar-refractivity contribution in [2.75, 3.05) is 25.2 Å². The summed E-state index contributed by atoms with van der Waals surface area (Å²) in [6.45, 7) is -0.473. The summed E-state index contributed by atoms with van der Waals surface area (Å²) in [4.78, 5) is 31.4. The molecule has 1 aromatic heterocycles. The standard InChI is InChI=1S/C23H21ClN2O5S/c1-26(17-10-11-32(29,30)14-17)22(27)13-31-23(28)19-12-21(15-6-8-16(24)9-7-15)25-20-5-3-2-4-18(19)20/h2-9,12,17H,10-11,13-14H2,1H3. The lowest BCUT2D eigenvalue weighted by Crippen LogP contribution is -2.40. The molecule has 1 aliphatic heterocycles. The molecule has 0 aliphatic carbocycles. The van der Waals surface area contributed by atoms with Crippen molar-refractivity contribution < 1.29 is 22.7 Å². The van der Waals surface area contributed by atoms with Gasteiger partial charge in [-0.1, -0.05) is 41.9 Å². The third-order valence-corrected chi connectivity index (χ3v) is 7.55. The number of hydrogen-bond acceptors (Lipinski definition) is 6. The number of aromatic nitrogens is 1. The van der Waals surface area contributed by atoms with Gasteiger partial charge in [-0.2, -0.15) is 0 Å². The molecule has 0 N–H and O–H groups in total. The Labute approximate surface area is 190 Å². The van der Waals surface area contributed by atoms with Gasteiger partial charge in [-0.15, -0.1) is 0 Å². The number of benzene rings is 2. The molecule has 4 rings (SSSR count). The molecule has 166 valence electrons. The van der Waals surface area contributed by atoms with Crippen molar-refractivity contribution in [3.05, 3.63) is 65.2 Å². The molecule has 0 bridgehead atoms. The van der Waals surface area contributed by atoms with Gasteiger partial charge in [0, 0.05) is 29.1 Å². The smallest absolute Gasteiger partial charge is 0.339 e. The van der Waals surface area contributed by atoms with Crippen LogP contribution in [-0.2, 0) is 19.4 Å². The number of hydrogen-bond donors (Lipinski definition) is 0. The molecule has 32 heavy (non-hydrogen) atoms. The van der Waals surface area contributed by atoms with Crippen molar-refractivity contribution in [3.63, 3.8) is 0 Å². The van der Waals surface area contributed by atoms with Crippen LogP contribution in [0, 0.1) is 0 Å². The molecule has 0 radical (unpaired) electrons. The molecule has 1 saturated heterocycles. The van der Waals surface area contributed by atoms with Crippen LogP contribution in [0.5, 0.6) is 0 Å². The first-order chi connectivity index (χ1) is 15.2. The molecule has 7 nitrogen and oxygen atoms in total. The maximum atomic E-state index is 12.9. The molecule has 1 aliphatic rings. The Balaban J connectivity index is 1.55. The fourth-order valence-corrected chi connectivity index (χ4v) is 5.60. The first-order valence-corrected chi connectivity index (χ1v) is 12.2. The summed E-state index contributed by atoms with van der Waals surface area (Å²) in [5, 5.41) is 1.20. The summed E-state index contributed by atoms with van der Waals surface area (Å²) in [5.74, 6) is -1.11. The van der Waals surface area contributed by atoms with E-state index in [1.165, 1.54) is 11.9 Å². The minimum Gasteiger partial charge on any atom is -0.452 e. The highest BCUT2D eigenvalue weighted by Gasteiger charge is 2.33. The fourth-order valence-electron chi connectivity index (χ4n) is 3.70. The minimum atomic E-state index is -3.12. The Kier molecular flexibility index (Phi) is 6.17. The zero-order valence-electron chi connectivity index (χ0n) is 17.3. The summed E-state index contributed by atoms with van der Waals surface area (Å²) in [7, 11) is -1.59. The molecule has 1 atom stereocenters. The highest BCUT2D eigenvalue weighted by Crippen LogP contribution is 2.26. The lowest BCUT2D eigenvalue weighted by molar-refractivity contribution is -0.134. The maximum Gasteiger partial charge on any atom is 0.339 e. The number of sulfone groups is 1. The van der Waals surface area contributed by atoms with Gasteiger partial charge in [0.15, 0.2) is 16.4 Å². The van der Waals surface area contributed by atoms with E-state index < -0.39 is 34.4 Å². The number of nitrogens with zero attached hydrogens (tertiary/aromatic N) is 2. The maximum absolute atomic E-state index is 12.9. The van der Waals surface area contributed by atoms with Crippen LogP contribution in [0.15, 0.2) is 54.6 Å². The van der Waals surface area contributed by atoms with Gasteiger partial charge < -0.3 is 9.64 Å². The quantitative estimate of drug-likeness (QED) is 0.528. The number of para-hydroxylation sites is 1. The van der Waals surface area contributed by atoms with E-state index in [1.54, 1.807) is 36.4 Å². The number of carbonyl (C=O) groups is 2. The van der Waals surface area contributed by atoms with Gasteiger partial charge in [0.25, 0.3) is 5.91 Å². The van der Waals surface area contributed by atoms with Crippen LogP contribution in [0.25, 0.3) is 22.2 Å². The molecular weight excluding hydrogens is 452 g/mol. The molecule has 1 fully saturated rings. The summed E-state index contributed by atoms with van der Waals surface area (Å²) in [5.41, 5.74) is 2.27. The SMILES string of the molecule is CN(C(=O)COC(=O)c1cc(-c2ccc(Cl)cc2)nc2ccccc12)C1CCS(=O)(=O)C1. The molecule has 1 unspecified atom stereocenters. The summed E-state index contributed by atoms with van der Waals surface area (Å²) < 4.78 is 28.7. The van der Waals surface area contributed by atoms with Gasteiger partial charge in [-0.25, -0.2) is 18.2 Å². The third kappa shape index (κ3) is 4.76. The second-order valence-corrected chi connectivity index (χ2v) is 10.4. The van der Waals surface area contributed by atoms with Gasteiger partial charge in [0.2, 0.25) is 0 Å². The minimum absolute atomic E-state index is 0.0611. The highest BCUT2D eigenvalue weighted by molar-refractivity contribution is 7.91. The largest absolute Gasteiger partial charge is 0.452 e. The molecule has 0 saturated carbocycles. The molecule has 9 heteroatoms. The van der Waals surface area contributed by atoms with Gasteiger partial charge in [-0.3, -0.25) is 4.79 Å². The number of esters is 1. The Hall–Kier alpha value is -2.97. The van der Waals surface area contributed by atoms with Crippen molar-refractivity contribution in [2.45, 2.75) is 12.5 Å². The summed E-state index contributed by atoms with van der Waals surface area (Å²) in [6, 6.07) is 15.5. The first kappa shape index (κ1) is 22.2. The van der Waals surface area contributed by atoms with Gasteiger partial charge in [0.05, 0.1) is 28.3 Å². The second kappa shape index (κ2) is 8.88. The average molecular weight is 473 g/mol. The number of halogens is 1. The number of amides is 1. The zero-order valence-corrected chi connectivity index (χ0v) is 18.9. The van der Waals surface area contributed by atoms with Crippen molar-refractivity contribution in [1.82, 2.24) is 9.88 Å². The van der Waals surface area contributed by atoms with E-state index in [-0.39, 0.29) is 11.5 Å². The van der Waals surface area contributed by atoms with Crippen LogP contribution in [0.3, 0.4) is 0 Å². The van der Waals surface area contributed by atoms with Crippen molar-refractivity contribution in [3.8, 4) is 11.3 Å².